The van der Waals surface area contributed by atoms with E-state index in [1.807, 2.05) is 27.7 Å². The van der Waals surface area contributed by atoms with Gasteiger partial charge in [0, 0.05) is 32.9 Å². The first-order chi connectivity index (χ1) is 31.7. The fourth-order valence-electron chi connectivity index (χ4n) is 8.85. The molecule has 0 unspecified atom stereocenters. The zero-order valence-electron chi connectivity index (χ0n) is 37.0. The SMILES string of the molecule is C(=C\c1ccc2cc(N(c3cccc4ccccc34)c3cccc4ccccc34)ccc2c1)/c1ccc(N(c2cccc3ccccc23)c2cccc3ccccc23)cc1.CC.CC. The van der Waals surface area contributed by atoms with Gasteiger partial charge >= 0.3 is 0 Å². The van der Waals surface area contributed by atoms with Crippen molar-refractivity contribution >= 4 is 100 Å². The van der Waals surface area contributed by atoms with E-state index in [9.17, 15) is 0 Å². The van der Waals surface area contributed by atoms with Crippen LogP contribution in [0.1, 0.15) is 38.8 Å². The highest BCUT2D eigenvalue weighted by molar-refractivity contribution is 6.07. The van der Waals surface area contributed by atoms with E-state index in [0.717, 1.165) is 45.3 Å². The van der Waals surface area contributed by atoms with E-state index in [1.165, 1.54) is 53.9 Å². The summed E-state index contributed by atoms with van der Waals surface area (Å²) in [5.74, 6) is 0. The van der Waals surface area contributed by atoms with Crippen molar-refractivity contribution in [3.05, 3.63) is 242 Å². The average Bonchev–Trinajstić information content (AvgIpc) is 3.37. The Morgan fingerprint density at radius 2 is 0.562 bits per heavy atom. The van der Waals surface area contributed by atoms with Gasteiger partial charge in [0.2, 0.25) is 0 Å². The standard InChI is InChI=1S/C58H40N2.2C2H6/c1-5-21-51-43(13-1)17-9-25-55(51)59(56-26-10-18-44-14-2-6-22-52(44)56)49-36-32-41(33-37-49)29-30-42-31-34-48-40-50(38-35-47(48)39-42)60(57-27-11-19-45-15-3-7-23-53(45)57)58-28-12-20-46-16-4-8-24-54(46)58;2*1-2/h1-40H;2*1-2H3/b30-29+;;. The lowest BCUT2D eigenvalue weighted by Gasteiger charge is -2.28. The highest BCUT2D eigenvalue weighted by Gasteiger charge is 2.19. The average molecular weight is 825 g/mol. The van der Waals surface area contributed by atoms with E-state index < -0.39 is 0 Å². The van der Waals surface area contributed by atoms with Gasteiger partial charge in [-0.15, -0.1) is 0 Å². The molecule has 0 saturated carbocycles. The van der Waals surface area contributed by atoms with Crippen LogP contribution in [0.15, 0.2) is 231 Å². The molecule has 0 saturated heterocycles. The topological polar surface area (TPSA) is 6.48 Å². The number of fused-ring (bicyclic) bond motifs is 5. The van der Waals surface area contributed by atoms with Crippen LogP contribution in [0, 0.1) is 0 Å². The third-order valence-electron chi connectivity index (χ3n) is 11.8. The molecule has 0 fully saturated rings. The number of hydrogen-bond acceptors (Lipinski definition) is 2. The molecule has 0 radical (unpaired) electrons. The van der Waals surface area contributed by atoms with Crippen LogP contribution in [-0.4, -0.2) is 0 Å². The van der Waals surface area contributed by atoms with E-state index in [1.54, 1.807) is 0 Å². The minimum Gasteiger partial charge on any atom is -0.309 e. The summed E-state index contributed by atoms with van der Waals surface area (Å²) in [6.07, 6.45) is 4.43. The van der Waals surface area contributed by atoms with Crippen molar-refractivity contribution in [1.29, 1.82) is 0 Å². The normalized spacial score (nSPS) is 11.1. The largest absolute Gasteiger partial charge is 0.309 e. The van der Waals surface area contributed by atoms with Crippen LogP contribution in [-0.2, 0) is 0 Å². The molecule has 0 amide bonds. The van der Waals surface area contributed by atoms with Crippen molar-refractivity contribution in [2.45, 2.75) is 27.7 Å². The first-order valence-corrected chi connectivity index (χ1v) is 22.6. The molecule has 2 heteroatoms. The molecule has 0 atom stereocenters. The van der Waals surface area contributed by atoms with E-state index in [0.29, 0.717) is 0 Å². The van der Waals surface area contributed by atoms with Crippen LogP contribution in [0.25, 0.3) is 66.0 Å². The van der Waals surface area contributed by atoms with Crippen LogP contribution >= 0.6 is 0 Å². The van der Waals surface area contributed by atoms with E-state index in [2.05, 4.69) is 252 Å². The molecule has 0 aliphatic carbocycles. The van der Waals surface area contributed by atoms with Gasteiger partial charge in [0.15, 0.2) is 0 Å². The van der Waals surface area contributed by atoms with Crippen molar-refractivity contribution in [2.75, 3.05) is 9.80 Å². The highest BCUT2D eigenvalue weighted by atomic mass is 15.2. The lowest BCUT2D eigenvalue weighted by molar-refractivity contribution is 1.31. The number of anilines is 6. The van der Waals surface area contributed by atoms with Gasteiger partial charge in [-0.2, -0.15) is 0 Å². The minimum absolute atomic E-state index is 1.11. The van der Waals surface area contributed by atoms with Crippen LogP contribution in [0.5, 0.6) is 0 Å². The van der Waals surface area contributed by atoms with Crippen molar-refractivity contribution in [1.82, 2.24) is 0 Å². The molecule has 0 spiro atoms. The molecule has 0 aliphatic heterocycles. The zero-order valence-corrected chi connectivity index (χ0v) is 37.0. The Morgan fingerprint density at radius 3 is 1.00 bits per heavy atom. The number of rotatable bonds is 8. The van der Waals surface area contributed by atoms with Gasteiger partial charge in [0.25, 0.3) is 0 Å². The summed E-state index contributed by atoms with van der Waals surface area (Å²) >= 11 is 0. The number of benzene rings is 11. The van der Waals surface area contributed by atoms with E-state index in [4.69, 9.17) is 0 Å². The molecule has 0 N–H and O–H groups in total. The fourth-order valence-corrected chi connectivity index (χ4v) is 8.85. The van der Waals surface area contributed by atoms with Crippen molar-refractivity contribution in [3.63, 3.8) is 0 Å². The predicted octanol–water partition coefficient (Wildman–Crippen LogP) is 18.6. The van der Waals surface area contributed by atoms with Crippen LogP contribution in [0.2, 0.25) is 0 Å². The van der Waals surface area contributed by atoms with Gasteiger partial charge in [-0.05, 0) is 98.0 Å². The fraction of sp³-hybridized carbons (Fsp3) is 0.0645. The van der Waals surface area contributed by atoms with Gasteiger partial charge in [-0.3, -0.25) is 0 Å². The molecular formula is C62H52N2. The maximum Gasteiger partial charge on any atom is 0.0540 e. The third kappa shape index (κ3) is 8.10. The molecule has 310 valence electrons. The van der Waals surface area contributed by atoms with Gasteiger partial charge in [-0.25, -0.2) is 0 Å². The summed E-state index contributed by atoms with van der Waals surface area (Å²) in [6, 6.07) is 83.4. The quantitative estimate of drug-likeness (QED) is 0.141. The Kier molecular flexibility index (Phi) is 12.3. The molecule has 0 heterocycles. The van der Waals surface area contributed by atoms with E-state index >= 15 is 0 Å². The Morgan fingerprint density at radius 1 is 0.250 bits per heavy atom. The predicted molar refractivity (Wildman–Crippen MR) is 281 cm³/mol. The second-order valence-corrected chi connectivity index (χ2v) is 15.4. The third-order valence-corrected chi connectivity index (χ3v) is 11.8. The zero-order chi connectivity index (χ0) is 43.8. The molecule has 11 aromatic carbocycles. The first-order valence-electron chi connectivity index (χ1n) is 22.6. The van der Waals surface area contributed by atoms with Crippen LogP contribution < -0.4 is 9.80 Å². The Hall–Kier alpha value is -7.94. The smallest absolute Gasteiger partial charge is 0.0540 e. The van der Waals surface area contributed by atoms with Crippen LogP contribution in [0.4, 0.5) is 34.1 Å². The van der Waals surface area contributed by atoms with Gasteiger partial charge in [-0.1, -0.05) is 216 Å². The lowest BCUT2D eigenvalue weighted by atomic mass is 10.0. The molecule has 11 aromatic rings. The van der Waals surface area contributed by atoms with Crippen molar-refractivity contribution < 1.29 is 0 Å². The molecular weight excluding hydrogens is 773 g/mol. The van der Waals surface area contributed by atoms with E-state index in [-0.39, 0.29) is 0 Å². The van der Waals surface area contributed by atoms with Crippen molar-refractivity contribution in [2.24, 2.45) is 0 Å². The monoisotopic (exact) mass is 824 g/mol. The molecule has 0 aromatic heterocycles. The Labute approximate surface area is 377 Å². The van der Waals surface area contributed by atoms with Gasteiger partial charge < -0.3 is 9.80 Å². The molecule has 2 nitrogen and oxygen atoms in total. The lowest BCUT2D eigenvalue weighted by Crippen LogP contribution is -2.11. The summed E-state index contributed by atoms with van der Waals surface area (Å²) in [4.78, 5) is 4.82. The molecule has 0 bridgehead atoms. The van der Waals surface area contributed by atoms with Gasteiger partial charge in [0.1, 0.15) is 0 Å². The Bertz CT molecular complexity index is 3220. The maximum atomic E-state index is 2.42. The van der Waals surface area contributed by atoms with Crippen molar-refractivity contribution in [3.8, 4) is 0 Å². The Balaban J connectivity index is 0.00000126. The summed E-state index contributed by atoms with van der Waals surface area (Å²) in [5.41, 5.74) is 9.17. The summed E-state index contributed by atoms with van der Waals surface area (Å²) in [7, 11) is 0. The number of nitrogens with zero attached hydrogens (tertiary/aromatic N) is 2. The summed E-state index contributed by atoms with van der Waals surface area (Å²) in [6.45, 7) is 8.00. The first kappa shape index (κ1) is 41.4. The van der Waals surface area contributed by atoms with Crippen LogP contribution in [0.3, 0.4) is 0 Å². The van der Waals surface area contributed by atoms with Gasteiger partial charge in [0.05, 0.1) is 22.7 Å². The second-order valence-electron chi connectivity index (χ2n) is 15.4. The maximum absolute atomic E-state index is 2.42. The molecule has 11 rings (SSSR count). The minimum atomic E-state index is 1.11. The molecule has 64 heavy (non-hydrogen) atoms. The number of hydrogen-bond donors (Lipinski definition) is 0. The summed E-state index contributed by atoms with van der Waals surface area (Å²) < 4.78 is 0. The molecule has 0 aliphatic rings. The highest BCUT2D eigenvalue weighted by Crippen LogP contribution is 2.44. The second kappa shape index (κ2) is 19.0. The summed E-state index contributed by atoms with van der Waals surface area (Å²) in [5, 5.41) is 12.2.